The second-order valence-corrected chi connectivity index (χ2v) is 6.04. The van der Waals surface area contributed by atoms with Gasteiger partial charge < -0.3 is 9.72 Å². The lowest BCUT2D eigenvalue weighted by Crippen LogP contribution is -1.86. The van der Waals surface area contributed by atoms with Crippen LogP contribution in [0.4, 0.5) is 0 Å². The monoisotopic (exact) mass is 305 g/mol. The van der Waals surface area contributed by atoms with Crippen LogP contribution in [0.1, 0.15) is 0 Å². The molecule has 0 radical (unpaired) electrons. The van der Waals surface area contributed by atoms with Crippen LogP contribution in [0.5, 0.6) is 5.75 Å². The fourth-order valence-electron chi connectivity index (χ4n) is 3.62. The van der Waals surface area contributed by atoms with Crippen LogP contribution in [-0.2, 0) is 0 Å². The molecular formula is C19H12ClNO. The van der Waals surface area contributed by atoms with Crippen molar-refractivity contribution in [2.24, 2.45) is 0 Å². The van der Waals surface area contributed by atoms with Gasteiger partial charge in [0, 0.05) is 21.3 Å². The van der Waals surface area contributed by atoms with Crippen molar-refractivity contribution in [1.82, 2.24) is 4.98 Å². The Labute approximate surface area is 131 Å². The minimum Gasteiger partial charge on any atom is -0.495 e. The molecule has 1 heterocycles. The van der Waals surface area contributed by atoms with Crippen LogP contribution in [0.2, 0.25) is 5.02 Å². The fraction of sp³-hybridized carbons (Fsp3) is 0.0526. The second kappa shape index (κ2) is 4.05. The van der Waals surface area contributed by atoms with Crippen LogP contribution in [0.3, 0.4) is 0 Å². The van der Waals surface area contributed by atoms with E-state index in [1.165, 1.54) is 32.3 Å². The predicted molar refractivity (Wildman–Crippen MR) is 93.6 cm³/mol. The van der Waals surface area contributed by atoms with Gasteiger partial charge in [0.15, 0.2) is 0 Å². The summed E-state index contributed by atoms with van der Waals surface area (Å²) in [6, 6.07) is 16.6. The summed E-state index contributed by atoms with van der Waals surface area (Å²) in [5, 5.41) is 8.11. The van der Waals surface area contributed by atoms with Gasteiger partial charge in [-0.05, 0) is 51.9 Å². The number of H-pyrrole nitrogens is 1. The van der Waals surface area contributed by atoms with Crippen LogP contribution in [0.15, 0.2) is 48.5 Å². The lowest BCUT2D eigenvalue weighted by molar-refractivity contribution is 0.419. The highest BCUT2D eigenvalue weighted by atomic mass is 35.5. The number of aromatic amines is 1. The average Bonchev–Trinajstić information content (AvgIpc) is 2.93. The summed E-state index contributed by atoms with van der Waals surface area (Å²) in [6.07, 6.45) is 0. The van der Waals surface area contributed by atoms with Crippen molar-refractivity contribution in [3.8, 4) is 5.75 Å². The topological polar surface area (TPSA) is 25.0 Å². The van der Waals surface area contributed by atoms with Gasteiger partial charge in [-0.25, -0.2) is 0 Å². The van der Waals surface area contributed by atoms with Gasteiger partial charge >= 0.3 is 0 Å². The van der Waals surface area contributed by atoms with Crippen molar-refractivity contribution in [3.05, 3.63) is 53.6 Å². The zero-order valence-corrected chi connectivity index (χ0v) is 12.7. The van der Waals surface area contributed by atoms with Gasteiger partial charge in [-0.1, -0.05) is 29.8 Å². The van der Waals surface area contributed by atoms with E-state index in [9.17, 15) is 0 Å². The quantitative estimate of drug-likeness (QED) is 0.393. The summed E-state index contributed by atoms with van der Waals surface area (Å²) in [5.41, 5.74) is 2.19. The SMILES string of the molecule is COc1ccc2c3cc(Cl)ccc3c3cccc4[nH]c1c2c43. The molecule has 1 aromatic heterocycles. The van der Waals surface area contributed by atoms with E-state index in [1.807, 2.05) is 18.2 Å². The maximum atomic E-state index is 6.24. The number of hydrogen-bond acceptors (Lipinski definition) is 1. The number of aromatic nitrogens is 1. The molecule has 0 saturated carbocycles. The van der Waals surface area contributed by atoms with Gasteiger partial charge in [-0.3, -0.25) is 0 Å². The fourth-order valence-corrected chi connectivity index (χ4v) is 3.79. The van der Waals surface area contributed by atoms with E-state index in [0.29, 0.717) is 0 Å². The molecule has 0 aliphatic rings. The van der Waals surface area contributed by atoms with Crippen LogP contribution in [0.25, 0.3) is 43.4 Å². The molecule has 0 aliphatic carbocycles. The number of fused-ring (bicyclic) bond motifs is 3. The first-order valence-corrected chi connectivity index (χ1v) is 7.57. The summed E-state index contributed by atoms with van der Waals surface area (Å²) < 4.78 is 5.53. The molecule has 4 aromatic carbocycles. The van der Waals surface area contributed by atoms with Crippen LogP contribution in [0, 0.1) is 0 Å². The van der Waals surface area contributed by atoms with Crippen molar-refractivity contribution in [2.75, 3.05) is 7.11 Å². The molecule has 0 unspecified atom stereocenters. The van der Waals surface area contributed by atoms with Crippen LogP contribution in [-0.4, -0.2) is 12.1 Å². The third-order valence-electron chi connectivity index (χ3n) is 4.52. The number of halogens is 1. The van der Waals surface area contributed by atoms with Gasteiger partial charge in [0.25, 0.3) is 0 Å². The number of hydrogen-bond donors (Lipinski definition) is 1. The molecule has 0 fully saturated rings. The Kier molecular flexibility index (Phi) is 2.23. The van der Waals surface area contributed by atoms with E-state index in [0.717, 1.165) is 21.8 Å². The molecule has 0 saturated heterocycles. The van der Waals surface area contributed by atoms with Gasteiger partial charge in [-0.15, -0.1) is 0 Å². The van der Waals surface area contributed by atoms with Crippen molar-refractivity contribution in [2.45, 2.75) is 0 Å². The molecule has 3 heteroatoms. The van der Waals surface area contributed by atoms with Gasteiger partial charge in [0.05, 0.1) is 12.6 Å². The highest BCUT2D eigenvalue weighted by molar-refractivity contribution is 6.36. The van der Waals surface area contributed by atoms with Gasteiger partial charge in [0.2, 0.25) is 0 Å². The molecule has 22 heavy (non-hydrogen) atoms. The summed E-state index contributed by atoms with van der Waals surface area (Å²) in [6.45, 7) is 0. The zero-order chi connectivity index (χ0) is 14.8. The minimum atomic E-state index is 0.758. The first kappa shape index (κ1) is 12.1. The summed E-state index contributed by atoms with van der Waals surface area (Å²) in [4.78, 5) is 3.51. The number of ether oxygens (including phenoxy) is 1. The van der Waals surface area contributed by atoms with Gasteiger partial charge in [-0.2, -0.15) is 0 Å². The van der Waals surface area contributed by atoms with E-state index < -0.39 is 0 Å². The maximum absolute atomic E-state index is 6.24. The van der Waals surface area contributed by atoms with E-state index in [-0.39, 0.29) is 0 Å². The average molecular weight is 306 g/mol. The van der Waals surface area contributed by atoms with Gasteiger partial charge in [0.1, 0.15) is 5.75 Å². The van der Waals surface area contributed by atoms with Crippen LogP contribution < -0.4 is 4.74 Å². The smallest absolute Gasteiger partial charge is 0.142 e. The molecule has 0 atom stereocenters. The largest absolute Gasteiger partial charge is 0.495 e. The molecule has 1 N–H and O–H groups in total. The van der Waals surface area contributed by atoms with Crippen LogP contribution >= 0.6 is 11.6 Å². The van der Waals surface area contributed by atoms with E-state index in [4.69, 9.17) is 16.3 Å². The molecule has 0 bridgehead atoms. The second-order valence-electron chi connectivity index (χ2n) is 5.61. The van der Waals surface area contributed by atoms with E-state index >= 15 is 0 Å². The van der Waals surface area contributed by atoms with E-state index in [1.54, 1.807) is 7.11 Å². The van der Waals surface area contributed by atoms with Crippen molar-refractivity contribution in [3.63, 3.8) is 0 Å². The number of benzene rings is 4. The summed E-state index contributed by atoms with van der Waals surface area (Å²) in [5.74, 6) is 0.867. The number of rotatable bonds is 1. The predicted octanol–water partition coefficient (Wildman–Crippen LogP) is 5.73. The normalized spacial score (nSPS) is 12.1. The Morgan fingerprint density at radius 2 is 1.68 bits per heavy atom. The lowest BCUT2D eigenvalue weighted by atomic mass is 9.94. The Balaban J connectivity index is 2.22. The lowest BCUT2D eigenvalue weighted by Gasteiger charge is -2.10. The number of nitrogens with one attached hydrogen (secondary N) is 1. The highest BCUT2D eigenvalue weighted by Crippen LogP contribution is 2.43. The molecular weight excluding hydrogens is 294 g/mol. The summed E-state index contributed by atoms with van der Waals surface area (Å²) >= 11 is 6.24. The molecule has 0 amide bonds. The van der Waals surface area contributed by atoms with Crippen molar-refractivity contribution >= 4 is 55.0 Å². The Morgan fingerprint density at radius 1 is 0.864 bits per heavy atom. The molecule has 0 spiro atoms. The Bertz CT molecular complexity index is 1170. The van der Waals surface area contributed by atoms with E-state index in [2.05, 4.69) is 35.3 Å². The Hall–Kier alpha value is -2.45. The molecule has 106 valence electrons. The minimum absolute atomic E-state index is 0.758. The third-order valence-corrected chi connectivity index (χ3v) is 4.76. The molecule has 5 aromatic rings. The maximum Gasteiger partial charge on any atom is 0.142 e. The molecule has 5 rings (SSSR count). The number of methoxy groups -OCH3 is 1. The summed E-state index contributed by atoms with van der Waals surface area (Å²) in [7, 11) is 1.71. The third kappa shape index (κ3) is 1.36. The van der Waals surface area contributed by atoms with Crippen molar-refractivity contribution in [1.29, 1.82) is 0 Å². The zero-order valence-electron chi connectivity index (χ0n) is 11.9. The first-order chi connectivity index (χ1) is 10.8. The molecule has 2 nitrogen and oxygen atoms in total. The highest BCUT2D eigenvalue weighted by Gasteiger charge is 2.17. The first-order valence-electron chi connectivity index (χ1n) is 7.19. The molecule has 0 aliphatic heterocycles. The standard InChI is InChI=1S/C19H12ClNO/c1-22-16-8-7-13-14-9-10(20)5-6-11(14)12-3-2-4-15-17(12)18(13)19(16)21-15/h2-9,21H,1H3. The Morgan fingerprint density at radius 3 is 2.55 bits per heavy atom. The van der Waals surface area contributed by atoms with Crippen molar-refractivity contribution < 1.29 is 4.74 Å².